The van der Waals surface area contributed by atoms with E-state index in [1.807, 2.05) is 42.5 Å². The van der Waals surface area contributed by atoms with Crippen molar-refractivity contribution in [2.24, 2.45) is 0 Å². The maximum atomic E-state index is 12.9. The molecule has 0 saturated carbocycles. The van der Waals surface area contributed by atoms with Gasteiger partial charge in [0.25, 0.3) is 5.56 Å². The lowest BCUT2D eigenvalue weighted by Crippen LogP contribution is -2.50. The highest BCUT2D eigenvalue weighted by Gasteiger charge is 2.23. The first-order chi connectivity index (χ1) is 16.7. The molecule has 1 amide bonds. The van der Waals surface area contributed by atoms with Crippen molar-refractivity contribution in [3.63, 3.8) is 0 Å². The van der Waals surface area contributed by atoms with Crippen molar-refractivity contribution in [3.8, 4) is 22.6 Å². The molecule has 0 N–H and O–H groups in total. The van der Waals surface area contributed by atoms with Crippen LogP contribution in [0.25, 0.3) is 22.6 Å². The summed E-state index contributed by atoms with van der Waals surface area (Å²) in [6.07, 6.45) is 5.04. The van der Waals surface area contributed by atoms with Crippen LogP contribution in [0, 0.1) is 0 Å². The molecule has 4 aromatic heterocycles. The van der Waals surface area contributed by atoms with E-state index in [0.29, 0.717) is 37.6 Å². The van der Waals surface area contributed by atoms with Gasteiger partial charge in [-0.3, -0.25) is 19.6 Å². The van der Waals surface area contributed by atoms with Crippen LogP contribution >= 0.6 is 0 Å². The number of amides is 1. The predicted molar refractivity (Wildman–Crippen MR) is 126 cm³/mol. The third kappa shape index (κ3) is 4.65. The molecule has 0 atom stereocenters. The molecule has 170 valence electrons. The molecule has 0 bridgehead atoms. The molecule has 5 rings (SSSR count). The van der Waals surface area contributed by atoms with Crippen molar-refractivity contribution in [1.82, 2.24) is 34.8 Å². The fourth-order valence-electron chi connectivity index (χ4n) is 3.80. The number of pyridine rings is 2. The molecule has 1 aliphatic heterocycles. The summed E-state index contributed by atoms with van der Waals surface area (Å²) in [5, 5.41) is 13.0. The highest BCUT2D eigenvalue weighted by Crippen LogP contribution is 2.18. The zero-order valence-corrected chi connectivity index (χ0v) is 18.4. The molecule has 10 nitrogen and oxygen atoms in total. The third-order valence-electron chi connectivity index (χ3n) is 5.66. The first kappa shape index (κ1) is 21.4. The summed E-state index contributed by atoms with van der Waals surface area (Å²) in [5.74, 6) is 0.618. The normalized spacial score (nSPS) is 13.6. The van der Waals surface area contributed by atoms with E-state index in [4.69, 9.17) is 0 Å². The highest BCUT2D eigenvalue weighted by molar-refractivity contribution is 5.76. The van der Waals surface area contributed by atoms with E-state index in [0.717, 1.165) is 17.1 Å². The average molecular weight is 454 g/mol. The van der Waals surface area contributed by atoms with Crippen molar-refractivity contribution in [2.75, 3.05) is 31.1 Å². The fraction of sp³-hybridized carbons (Fsp3) is 0.208. The topological polar surface area (TPSA) is 110 Å². The molecule has 0 aliphatic carbocycles. The summed E-state index contributed by atoms with van der Waals surface area (Å²) in [4.78, 5) is 37.3. The second-order valence-corrected chi connectivity index (χ2v) is 7.81. The van der Waals surface area contributed by atoms with Crippen LogP contribution in [0.2, 0.25) is 0 Å². The van der Waals surface area contributed by atoms with Crippen molar-refractivity contribution in [1.29, 1.82) is 0 Å². The summed E-state index contributed by atoms with van der Waals surface area (Å²) in [6.45, 7) is 2.21. The molecule has 0 aromatic carbocycles. The number of hydrogen-bond acceptors (Lipinski definition) is 8. The van der Waals surface area contributed by atoms with Gasteiger partial charge >= 0.3 is 0 Å². The maximum absolute atomic E-state index is 12.9. The number of carbonyl (C=O) groups is 1. The van der Waals surface area contributed by atoms with Gasteiger partial charge in [0.1, 0.15) is 12.2 Å². The Morgan fingerprint density at radius 2 is 1.59 bits per heavy atom. The number of carbonyl (C=O) groups excluding carboxylic acids is 1. The van der Waals surface area contributed by atoms with E-state index in [9.17, 15) is 9.59 Å². The van der Waals surface area contributed by atoms with Gasteiger partial charge in [-0.2, -0.15) is 5.10 Å². The Bertz CT molecular complexity index is 1320. The number of hydrogen-bond donors (Lipinski definition) is 0. The first-order valence-corrected chi connectivity index (χ1v) is 10.9. The summed E-state index contributed by atoms with van der Waals surface area (Å²) < 4.78 is 1.21. The SMILES string of the molecule is O=C(Cn1nc(-c2ccncc2)ccc1=O)N1CCN(c2ccc(-c3ccccn3)nn2)CC1. The molecule has 5 heterocycles. The molecular formula is C24H22N8O2. The van der Waals surface area contributed by atoms with Gasteiger partial charge in [0.05, 0.1) is 11.4 Å². The van der Waals surface area contributed by atoms with Crippen LogP contribution in [0.4, 0.5) is 5.82 Å². The summed E-state index contributed by atoms with van der Waals surface area (Å²) in [7, 11) is 0. The minimum absolute atomic E-state index is 0.101. The van der Waals surface area contributed by atoms with Gasteiger partial charge in [-0.25, -0.2) is 4.68 Å². The number of aromatic nitrogens is 6. The molecule has 10 heteroatoms. The van der Waals surface area contributed by atoms with Crippen LogP contribution < -0.4 is 10.5 Å². The Balaban J connectivity index is 1.21. The molecule has 4 aromatic rings. The van der Waals surface area contributed by atoms with Crippen LogP contribution in [0.5, 0.6) is 0 Å². The average Bonchev–Trinajstić information content (AvgIpc) is 2.91. The van der Waals surface area contributed by atoms with Gasteiger partial charge in [-0.1, -0.05) is 6.07 Å². The van der Waals surface area contributed by atoms with E-state index < -0.39 is 0 Å². The van der Waals surface area contributed by atoms with E-state index in [2.05, 4.69) is 30.2 Å². The molecule has 1 fully saturated rings. The minimum Gasteiger partial charge on any atom is -0.352 e. The van der Waals surface area contributed by atoms with E-state index >= 15 is 0 Å². The predicted octanol–water partition coefficient (Wildman–Crippen LogP) is 1.51. The second kappa shape index (κ2) is 9.57. The Labute approximate surface area is 195 Å². The summed E-state index contributed by atoms with van der Waals surface area (Å²) in [5.41, 5.74) is 2.62. The first-order valence-electron chi connectivity index (χ1n) is 10.9. The molecule has 0 spiro atoms. The van der Waals surface area contributed by atoms with Gasteiger partial charge in [0.15, 0.2) is 5.82 Å². The Kier molecular flexibility index (Phi) is 6.02. The van der Waals surface area contributed by atoms with E-state index in [1.54, 1.807) is 29.6 Å². The number of piperazine rings is 1. The molecule has 0 unspecified atom stereocenters. The molecule has 1 aliphatic rings. The van der Waals surface area contributed by atoms with Crippen molar-refractivity contribution in [2.45, 2.75) is 6.54 Å². The lowest BCUT2D eigenvalue weighted by molar-refractivity contribution is -0.132. The number of rotatable bonds is 5. The largest absolute Gasteiger partial charge is 0.352 e. The number of anilines is 1. The van der Waals surface area contributed by atoms with Crippen molar-refractivity contribution in [3.05, 3.63) is 83.5 Å². The molecule has 1 saturated heterocycles. The van der Waals surface area contributed by atoms with Gasteiger partial charge in [0.2, 0.25) is 5.91 Å². The van der Waals surface area contributed by atoms with E-state index in [-0.39, 0.29) is 18.0 Å². The quantitative estimate of drug-likeness (QED) is 0.446. The van der Waals surface area contributed by atoms with Crippen LogP contribution in [-0.2, 0) is 11.3 Å². The third-order valence-corrected chi connectivity index (χ3v) is 5.66. The highest BCUT2D eigenvalue weighted by atomic mass is 16.2. The lowest BCUT2D eigenvalue weighted by atomic mass is 10.2. The zero-order chi connectivity index (χ0) is 23.3. The van der Waals surface area contributed by atoms with Gasteiger partial charge < -0.3 is 9.80 Å². The van der Waals surface area contributed by atoms with E-state index in [1.165, 1.54) is 10.7 Å². The summed E-state index contributed by atoms with van der Waals surface area (Å²) >= 11 is 0. The van der Waals surface area contributed by atoms with Gasteiger partial charge in [-0.05, 0) is 42.5 Å². The van der Waals surface area contributed by atoms with Crippen molar-refractivity contribution >= 4 is 11.7 Å². The Hall–Kier alpha value is -4.47. The molecule has 34 heavy (non-hydrogen) atoms. The van der Waals surface area contributed by atoms with Crippen LogP contribution in [0.3, 0.4) is 0 Å². The van der Waals surface area contributed by atoms with Gasteiger partial charge in [-0.15, -0.1) is 10.2 Å². The molecule has 0 radical (unpaired) electrons. The smallest absolute Gasteiger partial charge is 0.267 e. The van der Waals surface area contributed by atoms with Crippen LogP contribution in [-0.4, -0.2) is 66.9 Å². The minimum atomic E-state index is -0.312. The zero-order valence-electron chi connectivity index (χ0n) is 18.4. The maximum Gasteiger partial charge on any atom is 0.267 e. The van der Waals surface area contributed by atoms with Crippen molar-refractivity contribution < 1.29 is 4.79 Å². The fourth-order valence-corrected chi connectivity index (χ4v) is 3.80. The lowest BCUT2D eigenvalue weighted by Gasteiger charge is -2.35. The molecular weight excluding hydrogens is 432 g/mol. The number of nitrogens with zero attached hydrogens (tertiary/aromatic N) is 8. The monoisotopic (exact) mass is 454 g/mol. The Morgan fingerprint density at radius 3 is 2.29 bits per heavy atom. The van der Waals surface area contributed by atoms with Gasteiger partial charge in [0, 0.05) is 56.4 Å². The Morgan fingerprint density at radius 1 is 0.794 bits per heavy atom. The summed E-state index contributed by atoms with van der Waals surface area (Å²) in [6, 6.07) is 16.2. The van der Waals surface area contributed by atoms with Crippen LogP contribution in [0.1, 0.15) is 0 Å². The standard InChI is InChI=1S/C24H22N8O2/c33-23-7-5-19(18-8-11-25-12-9-18)29-32(23)17-24(34)31-15-13-30(14-16-31)22-6-4-21(27-28-22)20-3-1-2-10-26-20/h1-12H,13-17H2. The van der Waals surface area contributed by atoms with Crippen LogP contribution in [0.15, 0.2) is 78.0 Å². The second-order valence-electron chi connectivity index (χ2n) is 7.81.